The molecule has 2 fully saturated rings. The molecular formula is C37H41NO3. The number of morpholine rings is 1. The summed E-state index contributed by atoms with van der Waals surface area (Å²) in [7, 11) is 1.72. The van der Waals surface area contributed by atoms with Crippen LogP contribution in [-0.4, -0.2) is 38.5 Å². The fourth-order valence-corrected chi connectivity index (χ4v) is 8.93. The summed E-state index contributed by atoms with van der Waals surface area (Å²) in [5.74, 6) is 1.10. The maximum absolute atomic E-state index is 11.6. The molecular weight excluding hydrogens is 506 g/mol. The van der Waals surface area contributed by atoms with Crippen molar-refractivity contribution in [2.24, 2.45) is 10.8 Å². The normalized spacial score (nSPS) is 20.2. The van der Waals surface area contributed by atoms with E-state index in [1.54, 1.807) is 7.11 Å². The minimum atomic E-state index is -0.122. The molecule has 0 bridgehead atoms. The maximum atomic E-state index is 11.6. The Kier molecular flexibility index (Phi) is 5.96. The monoisotopic (exact) mass is 547 g/mol. The highest BCUT2D eigenvalue weighted by Crippen LogP contribution is 2.65. The predicted octanol–water partition coefficient (Wildman–Crippen LogP) is 8.56. The van der Waals surface area contributed by atoms with Crippen molar-refractivity contribution in [1.82, 2.24) is 0 Å². The van der Waals surface area contributed by atoms with E-state index in [1.165, 1.54) is 34.4 Å². The van der Waals surface area contributed by atoms with Crippen LogP contribution in [0.2, 0.25) is 0 Å². The Morgan fingerprint density at radius 1 is 0.756 bits per heavy atom. The summed E-state index contributed by atoms with van der Waals surface area (Å²) in [6, 6.07) is 24.1. The molecule has 3 aliphatic rings. The molecule has 1 saturated heterocycles. The lowest BCUT2D eigenvalue weighted by Crippen LogP contribution is -2.43. The summed E-state index contributed by atoms with van der Waals surface area (Å²) in [5, 5.41) is 13.5. The van der Waals surface area contributed by atoms with Crippen molar-refractivity contribution in [3.63, 3.8) is 0 Å². The number of rotatable bonds is 3. The van der Waals surface area contributed by atoms with Gasteiger partial charge in [0.05, 0.1) is 20.3 Å². The van der Waals surface area contributed by atoms with Crippen LogP contribution in [-0.2, 0) is 10.2 Å². The number of hydrogen-bond donors (Lipinski definition) is 1. The van der Waals surface area contributed by atoms with Crippen molar-refractivity contribution < 1.29 is 14.6 Å². The number of phenols is 1. The molecule has 0 unspecified atom stereocenters. The molecule has 4 nitrogen and oxygen atoms in total. The van der Waals surface area contributed by atoms with Crippen LogP contribution < -0.4 is 9.64 Å². The van der Waals surface area contributed by atoms with Crippen LogP contribution in [0.15, 0.2) is 66.7 Å². The van der Waals surface area contributed by atoms with Gasteiger partial charge in [0, 0.05) is 35.1 Å². The number of hydrogen-bond acceptors (Lipinski definition) is 4. The lowest BCUT2D eigenvalue weighted by molar-refractivity contribution is 0.0645. The van der Waals surface area contributed by atoms with Gasteiger partial charge in [-0.3, -0.25) is 0 Å². The van der Waals surface area contributed by atoms with E-state index < -0.39 is 0 Å². The van der Waals surface area contributed by atoms with E-state index in [0.717, 1.165) is 66.8 Å². The topological polar surface area (TPSA) is 41.9 Å². The summed E-state index contributed by atoms with van der Waals surface area (Å²) in [6.07, 6.45) is 3.34. The van der Waals surface area contributed by atoms with Gasteiger partial charge in [0.15, 0.2) is 0 Å². The summed E-state index contributed by atoms with van der Waals surface area (Å²) < 4.78 is 11.5. The molecule has 0 amide bonds. The van der Waals surface area contributed by atoms with E-state index in [-0.39, 0.29) is 16.2 Å². The van der Waals surface area contributed by atoms with Gasteiger partial charge < -0.3 is 19.5 Å². The van der Waals surface area contributed by atoms with Gasteiger partial charge >= 0.3 is 0 Å². The van der Waals surface area contributed by atoms with E-state index in [0.29, 0.717) is 5.75 Å². The molecule has 0 radical (unpaired) electrons. The highest BCUT2D eigenvalue weighted by Gasteiger charge is 2.53. The Hall–Kier alpha value is -3.50. The Labute approximate surface area is 243 Å². The zero-order valence-corrected chi connectivity index (χ0v) is 25.0. The molecule has 0 atom stereocenters. The van der Waals surface area contributed by atoms with Crippen molar-refractivity contribution >= 4 is 16.5 Å². The first-order chi connectivity index (χ1) is 19.6. The molecule has 4 aromatic rings. The highest BCUT2D eigenvalue weighted by molar-refractivity contribution is 6.07. The number of methoxy groups -OCH3 is 1. The second kappa shape index (κ2) is 9.25. The lowest BCUT2D eigenvalue weighted by atomic mass is 9.52. The van der Waals surface area contributed by atoms with E-state index in [2.05, 4.69) is 93.3 Å². The smallest absolute Gasteiger partial charge is 0.127 e. The Morgan fingerprint density at radius 2 is 1.44 bits per heavy atom. The first-order valence-corrected chi connectivity index (χ1v) is 15.0. The second-order valence-electron chi connectivity index (χ2n) is 14.0. The summed E-state index contributed by atoms with van der Waals surface area (Å²) in [4.78, 5) is 2.37. The Balaban J connectivity index is 1.44. The van der Waals surface area contributed by atoms with Gasteiger partial charge in [-0.05, 0) is 93.6 Å². The maximum Gasteiger partial charge on any atom is 0.127 e. The molecule has 7 rings (SSSR count). The summed E-state index contributed by atoms with van der Waals surface area (Å²) in [5.41, 5.74) is 8.90. The highest BCUT2D eigenvalue weighted by atomic mass is 16.5. The van der Waals surface area contributed by atoms with Crippen LogP contribution in [0.3, 0.4) is 0 Å². The molecule has 4 heteroatoms. The molecule has 4 aromatic carbocycles. The fourth-order valence-electron chi connectivity index (χ4n) is 8.93. The molecule has 212 valence electrons. The SMILES string of the molecule is COc1cc2c(O)cc3c(c2cc1-c1ccc(N2CCOCC2)cc1)-c1ccccc1C31CC(C)(C)CC(C)(C)C1. The number of ether oxygens (including phenoxy) is 2. The molecule has 41 heavy (non-hydrogen) atoms. The van der Waals surface area contributed by atoms with E-state index in [4.69, 9.17) is 9.47 Å². The van der Waals surface area contributed by atoms with E-state index in [1.807, 2.05) is 6.07 Å². The number of nitrogens with zero attached hydrogens (tertiary/aromatic N) is 1. The molecule has 1 N–H and O–H groups in total. The van der Waals surface area contributed by atoms with Gasteiger partial charge in [-0.1, -0.05) is 64.1 Å². The van der Waals surface area contributed by atoms with Crippen molar-refractivity contribution in [1.29, 1.82) is 0 Å². The molecule has 0 aromatic heterocycles. The molecule has 1 aliphatic heterocycles. The molecule has 1 heterocycles. The zero-order chi connectivity index (χ0) is 28.6. The molecule has 2 aliphatic carbocycles. The van der Waals surface area contributed by atoms with Gasteiger partial charge in [-0.15, -0.1) is 0 Å². The summed E-state index contributed by atoms with van der Waals surface area (Å²) in [6.45, 7) is 13.0. The van der Waals surface area contributed by atoms with Crippen molar-refractivity contribution in [2.75, 3.05) is 38.3 Å². The quantitative estimate of drug-likeness (QED) is 0.279. The second-order valence-corrected chi connectivity index (χ2v) is 14.0. The lowest BCUT2D eigenvalue weighted by Gasteiger charge is -2.51. The number of phenolic OH excluding ortho intramolecular Hbond substituents is 1. The van der Waals surface area contributed by atoms with Crippen LogP contribution in [0, 0.1) is 10.8 Å². The van der Waals surface area contributed by atoms with Crippen LogP contribution in [0.4, 0.5) is 5.69 Å². The number of anilines is 1. The largest absolute Gasteiger partial charge is 0.507 e. The first kappa shape index (κ1) is 26.4. The van der Waals surface area contributed by atoms with Gasteiger partial charge in [0.2, 0.25) is 0 Å². The van der Waals surface area contributed by atoms with Gasteiger partial charge in [0.25, 0.3) is 0 Å². The molecule has 1 saturated carbocycles. The Bertz CT molecular complexity index is 1630. The first-order valence-electron chi connectivity index (χ1n) is 15.0. The van der Waals surface area contributed by atoms with Crippen LogP contribution >= 0.6 is 0 Å². The van der Waals surface area contributed by atoms with Crippen LogP contribution in [0.25, 0.3) is 33.0 Å². The van der Waals surface area contributed by atoms with Gasteiger partial charge in [0.1, 0.15) is 11.5 Å². The minimum absolute atomic E-state index is 0.122. The Morgan fingerprint density at radius 3 is 2.12 bits per heavy atom. The average Bonchev–Trinajstić information content (AvgIpc) is 3.19. The number of fused-ring (bicyclic) bond motifs is 7. The standard InChI is InChI=1S/C37H41NO3/c1-35(2)21-36(3,4)23-37(22-35)30-9-7-6-8-26(30)34-29-18-27(33(40-5)19-28(29)32(39)20-31(34)37)24-10-12-25(13-11-24)38-14-16-41-17-15-38/h6-13,18-20,39H,14-17,21-23H2,1-5H3. The number of benzene rings is 4. The fraction of sp³-hybridized carbons (Fsp3) is 0.405. The van der Waals surface area contributed by atoms with Crippen LogP contribution in [0.5, 0.6) is 11.5 Å². The van der Waals surface area contributed by atoms with E-state index in [9.17, 15) is 5.11 Å². The number of aromatic hydroxyl groups is 1. The third-order valence-corrected chi connectivity index (χ3v) is 9.74. The van der Waals surface area contributed by atoms with Crippen LogP contribution in [0.1, 0.15) is 58.1 Å². The molecule has 1 spiro atoms. The third kappa shape index (κ3) is 4.22. The van der Waals surface area contributed by atoms with Gasteiger partial charge in [-0.25, -0.2) is 0 Å². The predicted molar refractivity (Wildman–Crippen MR) is 168 cm³/mol. The third-order valence-electron chi connectivity index (χ3n) is 9.74. The zero-order valence-electron chi connectivity index (χ0n) is 25.0. The average molecular weight is 548 g/mol. The van der Waals surface area contributed by atoms with Crippen molar-refractivity contribution in [3.8, 4) is 33.8 Å². The van der Waals surface area contributed by atoms with Gasteiger partial charge in [-0.2, -0.15) is 0 Å². The van der Waals surface area contributed by atoms with Crippen molar-refractivity contribution in [2.45, 2.75) is 52.4 Å². The van der Waals surface area contributed by atoms with Crippen molar-refractivity contribution in [3.05, 3.63) is 77.9 Å². The minimum Gasteiger partial charge on any atom is -0.507 e. The van der Waals surface area contributed by atoms with E-state index >= 15 is 0 Å². The summed E-state index contributed by atoms with van der Waals surface area (Å²) >= 11 is 0.